The van der Waals surface area contributed by atoms with E-state index in [1.807, 2.05) is 31.2 Å². The Hall–Kier alpha value is -1.57. The highest BCUT2D eigenvalue weighted by molar-refractivity contribution is 5.77. The molecule has 4 bridgehead atoms. The number of benzene rings is 1. The highest BCUT2D eigenvalue weighted by atomic mass is 16.3. The van der Waals surface area contributed by atoms with E-state index in [1.54, 1.807) is 0 Å². The molecule has 4 fully saturated rings. The van der Waals surface area contributed by atoms with E-state index in [0.717, 1.165) is 40.0 Å². The summed E-state index contributed by atoms with van der Waals surface area (Å²) in [6.45, 7) is 2.02. The summed E-state index contributed by atoms with van der Waals surface area (Å²) >= 11 is 0. The molecule has 0 saturated heterocycles. The number of hydrogen-bond donors (Lipinski definition) is 0. The molecule has 0 atom stereocenters. The SMILES string of the molecule is Cc1ccc2oc(C34CC5CC(CC(C5)C3)C4)cc(=O)c2c1. The first-order valence-electron chi connectivity index (χ1n) is 8.66. The van der Waals surface area contributed by atoms with Gasteiger partial charge in [-0.3, -0.25) is 4.79 Å². The molecule has 4 aliphatic rings. The zero-order valence-corrected chi connectivity index (χ0v) is 13.1. The van der Waals surface area contributed by atoms with Gasteiger partial charge in [-0.1, -0.05) is 11.6 Å². The molecule has 1 aromatic heterocycles. The van der Waals surface area contributed by atoms with Crippen LogP contribution < -0.4 is 5.43 Å². The van der Waals surface area contributed by atoms with Gasteiger partial charge in [0.15, 0.2) is 5.43 Å². The summed E-state index contributed by atoms with van der Waals surface area (Å²) in [5.41, 5.74) is 2.18. The molecule has 6 rings (SSSR count). The van der Waals surface area contributed by atoms with Crippen LogP contribution in [0.15, 0.2) is 33.5 Å². The van der Waals surface area contributed by atoms with Crippen LogP contribution in [0.2, 0.25) is 0 Å². The predicted molar refractivity (Wildman–Crippen MR) is 87.1 cm³/mol. The summed E-state index contributed by atoms with van der Waals surface area (Å²) in [5.74, 6) is 3.58. The van der Waals surface area contributed by atoms with E-state index >= 15 is 0 Å². The van der Waals surface area contributed by atoms with Gasteiger partial charge in [0.2, 0.25) is 0 Å². The smallest absolute Gasteiger partial charge is 0.192 e. The van der Waals surface area contributed by atoms with Gasteiger partial charge in [0.1, 0.15) is 11.3 Å². The number of fused-ring (bicyclic) bond motifs is 1. The first-order chi connectivity index (χ1) is 10.6. The Bertz CT molecular complexity index is 779. The van der Waals surface area contributed by atoms with E-state index in [1.165, 1.54) is 38.5 Å². The van der Waals surface area contributed by atoms with Crippen molar-refractivity contribution >= 4 is 11.0 Å². The second-order valence-electron chi connectivity index (χ2n) is 8.17. The molecule has 0 amide bonds. The second kappa shape index (κ2) is 4.24. The molecule has 0 aliphatic heterocycles. The fourth-order valence-electron chi connectivity index (χ4n) is 5.94. The largest absolute Gasteiger partial charge is 0.460 e. The van der Waals surface area contributed by atoms with E-state index < -0.39 is 0 Å². The van der Waals surface area contributed by atoms with Gasteiger partial charge in [0, 0.05) is 11.5 Å². The van der Waals surface area contributed by atoms with E-state index in [9.17, 15) is 4.79 Å². The Morgan fingerprint density at radius 3 is 2.27 bits per heavy atom. The van der Waals surface area contributed by atoms with Crippen molar-refractivity contribution in [2.45, 2.75) is 50.9 Å². The van der Waals surface area contributed by atoms with Crippen molar-refractivity contribution in [2.24, 2.45) is 17.8 Å². The molecular formula is C20H22O2. The zero-order chi connectivity index (χ0) is 14.9. The highest BCUT2D eigenvalue weighted by Gasteiger charge is 2.53. The summed E-state index contributed by atoms with van der Waals surface area (Å²) < 4.78 is 6.28. The van der Waals surface area contributed by atoms with Crippen molar-refractivity contribution in [1.29, 1.82) is 0 Å². The minimum atomic E-state index is 0.135. The molecule has 22 heavy (non-hydrogen) atoms. The minimum Gasteiger partial charge on any atom is -0.460 e. The van der Waals surface area contributed by atoms with Gasteiger partial charge in [-0.25, -0.2) is 0 Å². The fourth-order valence-corrected chi connectivity index (χ4v) is 5.94. The Morgan fingerprint density at radius 1 is 1.00 bits per heavy atom. The summed E-state index contributed by atoms with van der Waals surface area (Å²) in [5, 5.41) is 0.730. The fraction of sp³-hybridized carbons (Fsp3) is 0.550. The lowest BCUT2D eigenvalue weighted by atomic mass is 9.49. The standard InChI is InChI=1S/C20H22O2/c1-12-2-3-18-16(4-12)17(21)8-19(22-18)20-9-13-5-14(10-20)7-15(6-13)11-20/h2-4,8,13-15H,5-7,9-11H2,1H3. The molecule has 2 nitrogen and oxygen atoms in total. The topological polar surface area (TPSA) is 30.2 Å². The predicted octanol–water partition coefficient (Wildman–Crippen LogP) is 4.57. The molecule has 114 valence electrons. The summed E-state index contributed by atoms with van der Waals surface area (Å²) in [4.78, 5) is 12.6. The van der Waals surface area contributed by atoms with Crippen LogP contribution >= 0.6 is 0 Å². The molecular weight excluding hydrogens is 272 g/mol. The van der Waals surface area contributed by atoms with Crippen LogP contribution in [0.3, 0.4) is 0 Å². The number of aryl methyl sites for hydroxylation is 1. The van der Waals surface area contributed by atoms with Crippen molar-refractivity contribution in [3.05, 3.63) is 45.8 Å². The second-order valence-corrected chi connectivity index (χ2v) is 8.17. The van der Waals surface area contributed by atoms with Crippen molar-refractivity contribution in [1.82, 2.24) is 0 Å². The van der Waals surface area contributed by atoms with Gasteiger partial charge in [-0.2, -0.15) is 0 Å². The molecule has 4 aliphatic carbocycles. The molecule has 0 radical (unpaired) electrons. The van der Waals surface area contributed by atoms with Gasteiger partial charge < -0.3 is 4.42 Å². The molecule has 2 aromatic rings. The van der Waals surface area contributed by atoms with E-state index in [2.05, 4.69) is 0 Å². The van der Waals surface area contributed by atoms with Gasteiger partial charge in [-0.05, 0) is 75.3 Å². The lowest BCUT2D eigenvalue weighted by molar-refractivity contribution is -0.0150. The van der Waals surface area contributed by atoms with E-state index in [4.69, 9.17) is 4.42 Å². The van der Waals surface area contributed by atoms with Crippen molar-refractivity contribution in [3.63, 3.8) is 0 Å². The van der Waals surface area contributed by atoms with Crippen molar-refractivity contribution < 1.29 is 4.42 Å². The van der Waals surface area contributed by atoms with Crippen molar-refractivity contribution in [3.8, 4) is 0 Å². The number of hydrogen-bond acceptors (Lipinski definition) is 2. The lowest BCUT2D eigenvalue weighted by Crippen LogP contribution is -2.48. The molecule has 0 unspecified atom stereocenters. The average molecular weight is 294 g/mol. The quantitative estimate of drug-likeness (QED) is 0.771. The summed E-state index contributed by atoms with van der Waals surface area (Å²) in [6, 6.07) is 7.77. The maximum absolute atomic E-state index is 12.6. The highest BCUT2D eigenvalue weighted by Crippen LogP contribution is 2.60. The first kappa shape index (κ1) is 12.9. The van der Waals surface area contributed by atoms with Crippen LogP contribution in [0.1, 0.15) is 49.8 Å². The van der Waals surface area contributed by atoms with Crippen LogP contribution in [0.5, 0.6) is 0 Å². The minimum absolute atomic E-state index is 0.135. The third-order valence-electron chi connectivity index (χ3n) is 6.44. The van der Waals surface area contributed by atoms with Crippen molar-refractivity contribution in [2.75, 3.05) is 0 Å². The number of rotatable bonds is 1. The first-order valence-corrected chi connectivity index (χ1v) is 8.66. The Morgan fingerprint density at radius 2 is 1.64 bits per heavy atom. The molecule has 1 heterocycles. The van der Waals surface area contributed by atoms with Gasteiger partial charge in [-0.15, -0.1) is 0 Å². The van der Waals surface area contributed by atoms with Crippen LogP contribution in [0, 0.1) is 24.7 Å². The van der Waals surface area contributed by atoms with Gasteiger partial charge in [0.25, 0.3) is 0 Å². The lowest BCUT2D eigenvalue weighted by Gasteiger charge is -2.56. The maximum Gasteiger partial charge on any atom is 0.192 e. The van der Waals surface area contributed by atoms with Gasteiger partial charge >= 0.3 is 0 Å². The molecule has 2 heteroatoms. The molecule has 0 N–H and O–H groups in total. The molecule has 1 aromatic carbocycles. The zero-order valence-electron chi connectivity index (χ0n) is 13.1. The van der Waals surface area contributed by atoms with Crippen LogP contribution in [-0.2, 0) is 5.41 Å². The maximum atomic E-state index is 12.6. The summed E-state index contributed by atoms with van der Waals surface area (Å²) in [6.07, 6.45) is 7.95. The Kier molecular flexibility index (Phi) is 2.49. The normalized spacial score (nSPS) is 36.1. The average Bonchev–Trinajstić information content (AvgIpc) is 2.46. The Labute approximate surface area is 130 Å². The van der Waals surface area contributed by atoms with Crippen LogP contribution in [-0.4, -0.2) is 0 Å². The van der Waals surface area contributed by atoms with Crippen LogP contribution in [0.4, 0.5) is 0 Å². The van der Waals surface area contributed by atoms with Gasteiger partial charge in [0.05, 0.1) is 5.39 Å². The third kappa shape index (κ3) is 1.76. The van der Waals surface area contributed by atoms with E-state index in [0.29, 0.717) is 0 Å². The monoisotopic (exact) mass is 294 g/mol. The molecule has 0 spiro atoms. The third-order valence-corrected chi connectivity index (χ3v) is 6.44. The van der Waals surface area contributed by atoms with Crippen LogP contribution in [0.25, 0.3) is 11.0 Å². The Balaban J connectivity index is 1.68. The summed E-state index contributed by atoms with van der Waals surface area (Å²) in [7, 11) is 0. The molecule has 4 saturated carbocycles. The van der Waals surface area contributed by atoms with E-state index in [-0.39, 0.29) is 10.8 Å².